The SMILES string of the molecule is CCC(CC)c1cc(CNC(=NC)NCC2CCN(c3ccccc3)C2)on1.I. The van der Waals surface area contributed by atoms with Gasteiger partial charge >= 0.3 is 0 Å². The quantitative estimate of drug-likeness (QED) is 0.313. The van der Waals surface area contributed by atoms with Crippen LogP contribution in [-0.2, 0) is 6.54 Å². The van der Waals surface area contributed by atoms with Crippen molar-refractivity contribution in [3.63, 3.8) is 0 Å². The molecule has 0 amide bonds. The summed E-state index contributed by atoms with van der Waals surface area (Å²) in [6.07, 6.45) is 3.36. The number of benzene rings is 1. The molecular weight excluding hydrogens is 477 g/mol. The standard InChI is InChI=1S/C22H33N5O.HI/c1-4-18(5-2)21-13-20(28-26-21)15-25-22(23-3)24-14-17-11-12-27(16-17)19-9-7-6-8-10-19;/h6-10,13,17-18H,4-5,11-12,14-16H2,1-3H3,(H2,23,24,25);1H. The van der Waals surface area contributed by atoms with Gasteiger partial charge in [-0.15, -0.1) is 24.0 Å². The third-order valence-corrected chi connectivity index (χ3v) is 5.60. The molecular formula is C22H34IN5O. The first-order valence-corrected chi connectivity index (χ1v) is 10.4. The smallest absolute Gasteiger partial charge is 0.191 e. The van der Waals surface area contributed by atoms with Crippen LogP contribution in [0.4, 0.5) is 5.69 Å². The molecule has 7 heteroatoms. The molecule has 29 heavy (non-hydrogen) atoms. The maximum Gasteiger partial charge on any atom is 0.191 e. The van der Waals surface area contributed by atoms with Crippen molar-refractivity contribution in [3.05, 3.63) is 47.9 Å². The summed E-state index contributed by atoms with van der Waals surface area (Å²) < 4.78 is 5.48. The van der Waals surface area contributed by atoms with Crippen LogP contribution in [0.2, 0.25) is 0 Å². The van der Waals surface area contributed by atoms with Crippen molar-refractivity contribution >= 4 is 35.6 Å². The van der Waals surface area contributed by atoms with Crippen LogP contribution in [0, 0.1) is 5.92 Å². The Kier molecular flexibility index (Phi) is 9.76. The molecule has 3 rings (SSSR count). The average Bonchev–Trinajstić information content (AvgIpc) is 3.40. The van der Waals surface area contributed by atoms with E-state index in [9.17, 15) is 0 Å². The van der Waals surface area contributed by atoms with E-state index in [1.807, 2.05) is 0 Å². The fourth-order valence-corrected chi connectivity index (χ4v) is 3.82. The average molecular weight is 511 g/mol. The molecule has 1 saturated heterocycles. The molecule has 2 aromatic rings. The minimum atomic E-state index is 0. The van der Waals surface area contributed by atoms with Crippen molar-refractivity contribution < 1.29 is 4.52 Å². The molecule has 0 radical (unpaired) electrons. The number of aromatic nitrogens is 1. The van der Waals surface area contributed by atoms with Gasteiger partial charge in [0, 0.05) is 44.4 Å². The van der Waals surface area contributed by atoms with E-state index in [4.69, 9.17) is 4.52 Å². The van der Waals surface area contributed by atoms with E-state index in [1.165, 1.54) is 12.1 Å². The first-order chi connectivity index (χ1) is 13.7. The Morgan fingerprint density at radius 2 is 2.00 bits per heavy atom. The summed E-state index contributed by atoms with van der Waals surface area (Å²) in [6.45, 7) is 8.07. The highest BCUT2D eigenvalue weighted by Crippen LogP contribution is 2.23. The number of nitrogens with one attached hydrogen (secondary N) is 2. The number of rotatable bonds is 8. The van der Waals surface area contributed by atoms with Crippen molar-refractivity contribution in [1.29, 1.82) is 0 Å². The summed E-state index contributed by atoms with van der Waals surface area (Å²) >= 11 is 0. The first-order valence-electron chi connectivity index (χ1n) is 10.4. The minimum Gasteiger partial charge on any atom is -0.371 e. The number of hydrogen-bond donors (Lipinski definition) is 2. The molecule has 2 N–H and O–H groups in total. The lowest BCUT2D eigenvalue weighted by atomic mass is 9.99. The van der Waals surface area contributed by atoms with Crippen LogP contribution in [0.3, 0.4) is 0 Å². The normalized spacial score (nSPS) is 16.8. The number of hydrogen-bond acceptors (Lipinski definition) is 4. The van der Waals surface area contributed by atoms with Crippen LogP contribution in [-0.4, -0.2) is 37.8 Å². The predicted molar refractivity (Wildman–Crippen MR) is 130 cm³/mol. The minimum absolute atomic E-state index is 0. The van der Waals surface area contributed by atoms with Crippen LogP contribution in [0.5, 0.6) is 0 Å². The van der Waals surface area contributed by atoms with E-state index in [2.05, 4.69) is 75.9 Å². The second-order valence-electron chi connectivity index (χ2n) is 7.47. The number of halogens is 1. The van der Waals surface area contributed by atoms with Gasteiger partial charge in [-0.3, -0.25) is 4.99 Å². The van der Waals surface area contributed by atoms with Crippen molar-refractivity contribution in [2.24, 2.45) is 10.9 Å². The Hall–Kier alpha value is -1.77. The Bertz CT molecular complexity index is 745. The van der Waals surface area contributed by atoms with E-state index in [-0.39, 0.29) is 24.0 Å². The molecule has 2 heterocycles. The number of guanidine groups is 1. The van der Waals surface area contributed by atoms with Gasteiger partial charge in [-0.25, -0.2) is 0 Å². The molecule has 1 aromatic heterocycles. The Balaban J connectivity index is 0.00000300. The van der Waals surface area contributed by atoms with Crippen LogP contribution >= 0.6 is 24.0 Å². The van der Waals surface area contributed by atoms with Crippen LogP contribution in [0.15, 0.2) is 45.9 Å². The fourth-order valence-electron chi connectivity index (χ4n) is 3.82. The highest BCUT2D eigenvalue weighted by molar-refractivity contribution is 14.0. The molecule has 6 nitrogen and oxygen atoms in total. The Morgan fingerprint density at radius 3 is 2.69 bits per heavy atom. The summed E-state index contributed by atoms with van der Waals surface area (Å²) in [5, 5.41) is 11.0. The molecule has 1 unspecified atom stereocenters. The Morgan fingerprint density at radius 1 is 1.24 bits per heavy atom. The largest absolute Gasteiger partial charge is 0.371 e. The van der Waals surface area contributed by atoms with Gasteiger partial charge in [0.05, 0.1) is 12.2 Å². The monoisotopic (exact) mass is 511 g/mol. The molecule has 1 aliphatic rings. The highest BCUT2D eigenvalue weighted by Gasteiger charge is 2.22. The number of aliphatic imine (C=N–C) groups is 1. The maximum absolute atomic E-state index is 5.48. The highest BCUT2D eigenvalue weighted by atomic mass is 127. The topological polar surface area (TPSA) is 65.7 Å². The van der Waals surface area contributed by atoms with Crippen LogP contribution in [0.1, 0.15) is 50.5 Å². The van der Waals surface area contributed by atoms with Gasteiger partial charge in [-0.05, 0) is 37.3 Å². The maximum atomic E-state index is 5.48. The third-order valence-electron chi connectivity index (χ3n) is 5.60. The first kappa shape index (κ1) is 23.5. The van der Waals surface area contributed by atoms with Crippen LogP contribution in [0.25, 0.3) is 0 Å². The van der Waals surface area contributed by atoms with Gasteiger partial charge in [-0.2, -0.15) is 0 Å². The molecule has 0 spiro atoms. The van der Waals surface area contributed by atoms with E-state index >= 15 is 0 Å². The van der Waals surface area contributed by atoms with Gasteiger partial charge in [0.15, 0.2) is 11.7 Å². The number of nitrogens with zero attached hydrogens (tertiary/aromatic N) is 3. The zero-order chi connectivity index (χ0) is 19.8. The summed E-state index contributed by atoms with van der Waals surface area (Å²) in [6, 6.07) is 12.7. The van der Waals surface area contributed by atoms with Crippen molar-refractivity contribution in [1.82, 2.24) is 15.8 Å². The summed E-state index contributed by atoms with van der Waals surface area (Å²) in [7, 11) is 1.80. The molecule has 1 fully saturated rings. The molecule has 1 aliphatic heterocycles. The van der Waals surface area contributed by atoms with Crippen LogP contribution < -0.4 is 15.5 Å². The van der Waals surface area contributed by atoms with Gasteiger partial charge in [0.2, 0.25) is 0 Å². The summed E-state index contributed by atoms with van der Waals surface area (Å²) in [4.78, 5) is 6.79. The van der Waals surface area contributed by atoms with E-state index in [0.29, 0.717) is 18.4 Å². The molecule has 0 aliphatic carbocycles. The lowest BCUT2D eigenvalue weighted by Gasteiger charge is -2.19. The zero-order valence-electron chi connectivity index (χ0n) is 17.7. The second kappa shape index (κ2) is 12.0. The van der Waals surface area contributed by atoms with Crippen molar-refractivity contribution in [3.8, 4) is 0 Å². The van der Waals surface area contributed by atoms with E-state index in [1.54, 1.807) is 7.05 Å². The van der Waals surface area contributed by atoms with Gasteiger partial charge in [0.1, 0.15) is 0 Å². The number of para-hydroxylation sites is 1. The van der Waals surface area contributed by atoms with E-state index < -0.39 is 0 Å². The second-order valence-corrected chi connectivity index (χ2v) is 7.47. The molecule has 0 bridgehead atoms. The number of anilines is 1. The summed E-state index contributed by atoms with van der Waals surface area (Å²) in [5.41, 5.74) is 2.36. The molecule has 1 atom stereocenters. The lowest BCUT2D eigenvalue weighted by Crippen LogP contribution is -2.39. The predicted octanol–water partition coefficient (Wildman–Crippen LogP) is 4.39. The molecule has 1 aromatic carbocycles. The van der Waals surface area contributed by atoms with Gasteiger partial charge < -0.3 is 20.1 Å². The van der Waals surface area contributed by atoms with E-state index in [0.717, 1.165) is 49.9 Å². The summed E-state index contributed by atoms with van der Waals surface area (Å²) in [5.74, 6) is 2.75. The van der Waals surface area contributed by atoms with Crippen molar-refractivity contribution in [2.45, 2.75) is 45.6 Å². The van der Waals surface area contributed by atoms with Crippen molar-refractivity contribution in [2.75, 3.05) is 31.6 Å². The zero-order valence-corrected chi connectivity index (χ0v) is 20.1. The third kappa shape index (κ3) is 6.62. The van der Waals surface area contributed by atoms with Gasteiger partial charge in [-0.1, -0.05) is 37.2 Å². The lowest BCUT2D eigenvalue weighted by molar-refractivity contribution is 0.368. The molecule has 0 saturated carbocycles. The fraction of sp³-hybridized carbons (Fsp3) is 0.545. The Labute approximate surface area is 191 Å². The molecule has 160 valence electrons. The van der Waals surface area contributed by atoms with Gasteiger partial charge in [0.25, 0.3) is 0 Å².